The molecule has 1 amide bonds. The van der Waals surface area contributed by atoms with Crippen LogP contribution in [-0.4, -0.2) is 53.6 Å². The summed E-state index contributed by atoms with van der Waals surface area (Å²) >= 11 is 0. The minimum atomic E-state index is 0.193. The SMILES string of the molecule is CCOc1ccc(CC(=O)N2CCCN(Cc3c(C)noc3C)CC2)cc1. The van der Waals surface area contributed by atoms with Gasteiger partial charge in [0.25, 0.3) is 0 Å². The molecule has 0 aliphatic carbocycles. The quantitative estimate of drug-likeness (QED) is 0.781. The zero-order valence-corrected chi connectivity index (χ0v) is 16.5. The molecule has 0 atom stereocenters. The smallest absolute Gasteiger partial charge is 0.227 e. The van der Waals surface area contributed by atoms with Crippen LogP contribution in [0, 0.1) is 13.8 Å². The fraction of sp³-hybridized carbons (Fsp3) is 0.524. The largest absolute Gasteiger partial charge is 0.494 e. The van der Waals surface area contributed by atoms with Crippen LogP contribution in [-0.2, 0) is 17.8 Å². The second-order valence-electron chi connectivity index (χ2n) is 7.07. The lowest BCUT2D eigenvalue weighted by molar-refractivity contribution is -0.130. The highest BCUT2D eigenvalue weighted by Crippen LogP contribution is 2.17. The molecule has 146 valence electrons. The summed E-state index contributed by atoms with van der Waals surface area (Å²) in [6.07, 6.45) is 1.43. The van der Waals surface area contributed by atoms with Crippen molar-refractivity contribution in [2.24, 2.45) is 0 Å². The van der Waals surface area contributed by atoms with E-state index in [1.165, 1.54) is 5.56 Å². The first-order valence-corrected chi connectivity index (χ1v) is 9.70. The highest BCUT2D eigenvalue weighted by Gasteiger charge is 2.21. The number of nitrogens with zero attached hydrogens (tertiary/aromatic N) is 3. The molecule has 1 fully saturated rings. The van der Waals surface area contributed by atoms with E-state index in [0.717, 1.165) is 61.9 Å². The van der Waals surface area contributed by atoms with Crippen molar-refractivity contribution in [2.75, 3.05) is 32.8 Å². The van der Waals surface area contributed by atoms with E-state index < -0.39 is 0 Å². The lowest BCUT2D eigenvalue weighted by atomic mass is 10.1. The van der Waals surface area contributed by atoms with Crippen LogP contribution in [0.1, 0.15) is 35.9 Å². The predicted molar refractivity (Wildman–Crippen MR) is 104 cm³/mol. The Kier molecular flexibility index (Phi) is 6.50. The van der Waals surface area contributed by atoms with Crippen LogP contribution < -0.4 is 4.74 Å². The van der Waals surface area contributed by atoms with Crippen molar-refractivity contribution in [2.45, 2.75) is 40.2 Å². The summed E-state index contributed by atoms with van der Waals surface area (Å²) in [5.41, 5.74) is 3.16. The normalized spacial score (nSPS) is 15.6. The molecule has 1 aliphatic rings. The van der Waals surface area contributed by atoms with Gasteiger partial charge in [-0.3, -0.25) is 9.69 Å². The van der Waals surface area contributed by atoms with Gasteiger partial charge in [0.2, 0.25) is 5.91 Å². The third-order valence-corrected chi connectivity index (χ3v) is 5.09. The first-order chi connectivity index (χ1) is 13.1. The first-order valence-electron chi connectivity index (χ1n) is 9.70. The molecule has 2 aromatic rings. The van der Waals surface area contributed by atoms with E-state index in [1.54, 1.807) is 0 Å². The van der Waals surface area contributed by atoms with Crippen LogP contribution in [0.2, 0.25) is 0 Å². The number of aromatic nitrogens is 1. The maximum Gasteiger partial charge on any atom is 0.227 e. The van der Waals surface area contributed by atoms with Gasteiger partial charge >= 0.3 is 0 Å². The average Bonchev–Trinajstić information content (AvgIpc) is 2.86. The second kappa shape index (κ2) is 9.04. The number of hydrogen-bond donors (Lipinski definition) is 0. The van der Waals surface area contributed by atoms with Crippen molar-refractivity contribution in [1.82, 2.24) is 15.0 Å². The summed E-state index contributed by atoms with van der Waals surface area (Å²) in [6, 6.07) is 7.81. The molecule has 6 heteroatoms. The Morgan fingerprint density at radius 1 is 1.15 bits per heavy atom. The van der Waals surface area contributed by atoms with E-state index in [9.17, 15) is 4.79 Å². The van der Waals surface area contributed by atoms with E-state index in [-0.39, 0.29) is 5.91 Å². The summed E-state index contributed by atoms with van der Waals surface area (Å²) in [6.45, 7) is 10.8. The molecule has 27 heavy (non-hydrogen) atoms. The van der Waals surface area contributed by atoms with Gasteiger partial charge in [0.15, 0.2) is 0 Å². The van der Waals surface area contributed by atoms with Gasteiger partial charge in [0.05, 0.1) is 18.7 Å². The highest BCUT2D eigenvalue weighted by molar-refractivity contribution is 5.78. The van der Waals surface area contributed by atoms with Crippen molar-refractivity contribution in [1.29, 1.82) is 0 Å². The van der Waals surface area contributed by atoms with E-state index in [1.807, 2.05) is 49.9 Å². The fourth-order valence-electron chi connectivity index (χ4n) is 3.49. The van der Waals surface area contributed by atoms with Crippen molar-refractivity contribution < 1.29 is 14.1 Å². The molecule has 0 unspecified atom stereocenters. The Labute approximate surface area is 161 Å². The van der Waals surface area contributed by atoms with Crippen LogP contribution in [0.25, 0.3) is 0 Å². The molecule has 1 aromatic heterocycles. The first kappa shape index (κ1) is 19.4. The number of hydrogen-bond acceptors (Lipinski definition) is 5. The fourth-order valence-corrected chi connectivity index (χ4v) is 3.49. The molecular formula is C21H29N3O3. The molecule has 0 saturated carbocycles. The Morgan fingerprint density at radius 2 is 1.93 bits per heavy atom. The third-order valence-electron chi connectivity index (χ3n) is 5.09. The van der Waals surface area contributed by atoms with Gasteiger partial charge in [-0.05, 0) is 44.9 Å². The summed E-state index contributed by atoms with van der Waals surface area (Å²) < 4.78 is 10.7. The standard InChI is InChI=1S/C21H29N3O3/c1-4-26-19-8-6-18(7-9-19)14-21(25)24-11-5-10-23(12-13-24)15-20-16(2)22-27-17(20)3/h6-9H,4-5,10-15H2,1-3H3. The highest BCUT2D eigenvalue weighted by atomic mass is 16.5. The molecular weight excluding hydrogens is 342 g/mol. The minimum absolute atomic E-state index is 0.193. The zero-order chi connectivity index (χ0) is 19.2. The summed E-state index contributed by atoms with van der Waals surface area (Å²) in [7, 11) is 0. The average molecular weight is 371 g/mol. The zero-order valence-electron chi connectivity index (χ0n) is 16.5. The molecule has 1 saturated heterocycles. The van der Waals surface area contributed by atoms with Gasteiger partial charge in [0.1, 0.15) is 11.5 Å². The molecule has 0 spiro atoms. The number of benzene rings is 1. The van der Waals surface area contributed by atoms with Crippen molar-refractivity contribution >= 4 is 5.91 Å². The maximum atomic E-state index is 12.7. The van der Waals surface area contributed by atoms with Gasteiger partial charge in [0, 0.05) is 38.3 Å². The maximum absolute atomic E-state index is 12.7. The van der Waals surface area contributed by atoms with Crippen molar-refractivity contribution in [3.05, 3.63) is 46.8 Å². The van der Waals surface area contributed by atoms with Crippen molar-refractivity contribution in [3.8, 4) is 5.75 Å². The predicted octanol–water partition coefficient (Wildman–Crippen LogP) is 2.97. The molecule has 0 bridgehead atoms. The summed E-state index contributed by atoms with van der Waals surface area (Å²) in [5.74, 6) is 1.93. The molecule has 1 aromatic carbocycles. The van der Waals surface area contributed by atoms with Crippen LogP contribution in [0.5, 0.6) is 5.75 Å². The minimum Gasteiger partial charge on any atom is -0.494 e. The van der Waals surface area contributed by atoms with Crippen LogP contribution in [0.4, 0.5) is 0 Å². The van der Waals surface area contributed by atoms with E-state index in [4.69, 9.17) is 9.26 Å². The third kappa shape index (κ3) is 5.10. The number of ether oxygens (including phenoxy) is 1. The van der Waals surface area contributed by atoms with Crippen LogP contribution in [0.15, 0.2) is 28.8 Å². The molecule has 0 radical (unpaired) electrons. The van der Waals surface area contributed by atoms with E-state index in [2.05, 4.69) is 10.1 Å². The van der Waals surface area contributed by atoms with Crippen molar-refractivity contribution in [3.63, 3.8) is 0 Å². The monoisotopic (exact) mass is 371 g/mol. The van der Waals surface area contributed by atoms with Crippen LogP contribution in [0.3, 0.4) is 0 Å². The molecule has 0 N–H and O–H groups in total. The number of carbonyl (C=O) groups is 1. The molecule has 3 rings (SSSR count). The lowest BCUT2D eigenvalue weighted by Crippen LogP contribution is -2.36. The Balaban J connectivity index is 1.53. The molecule has 2 heterocycles. The van der Waals surface area contributed by atoms with Gasteiger partial charge in [-0.1, -0.05) is 17.3 Å². The van der Waals surface area contributed by atoms with E-state index in [0.29, 0.717) is 13.0 Å². The number of carbonyl (C=O) groups excluding carboxylic acids is 1. The van der Waals surface area contributed by atoms with Gasteiger partial charge in [-0.2, -0.15) is 0 Å². The van der Waals surface area contributed by atoms with Gasteiger partial charge < -0.3 is 14.2 Å². The second-order valence-corrected chi connectivity index (χ2v) is 7.07. The number of amides is 1. The Bertz CT molecular complexity index is 735. The summed E-state index contributed by atoms with van der Waals surface area (Å²) in [4.78, 5) is 17.1. The Hall–Kier alpha value is -2.34. The van der Waals surface area contributed by atoms with Gasteiger partial charge in [-0.25, -0.2) is 0 Å². The number of rotatable bonds is 6. The summed E-state index contributed by atoms with van der Waals surface area (Å²) in [5, 5.41) is 4.04. The molecule has 6 nitrogen and oxygen atoms in total. The lowest BCUT2D eigenvalue weighted by Gasteiger charge is -2.22. The number of aryl methyl sites for hydroxylation is 2. The Morgan fingerprint density at radius 3 is 2.59 bits per heavy atom. The van der Waals surface area contributed by atoms with Gasteiger partial charge in [-0.15, -0.1) is 0 Å². The topological polar surface area (TPSA) is 58.8 Å². The van der Waals surface area contributed by atoms with E-state index >= 15 is 0 Å². The van der Waals surface area contributed by atoms with Crippen LogP contribution >= 0.6 is 0 Å². The molecule has 1 aliphatic heterocycles.